The summed E-state index contributed by atoms with van der Waals surface area (Å²) < 4.78 is 5.99. The number of rotatable bonds is 7. The molecule has 2 rings (SSSR count). The molecule has 1 N–H and O–H groups in total. The molecule has 0 aromatic carbocycles. The Morgan fingerprint density at radius 1 is 1.42 bits per heavy atom. The number of nitrogens with zero attached hydrogens (tertiary/aromatic N) is 2. The Bertz CT molecular complexity index is 414. The van der Waals surface area contributed by atoms with E-state index in [0.29, 0.717) is 12.6 Å². The smallest absolute Gasteiger partial charge is 0.126 e. The topological polar surface area (TPSA) is 37.4 Å². The highest BCUT2D eigenvalue weighted by molar-refractivity contribution is 5.30. The minimum Gasteiger partial charge on any atom is -0.491 e. The van der Waals surface area contributed by atoms with Gasteiger partial charge in [0, 0.05) is 36.1 Å². The third-order valence-corrected chi connectivity index (χ3v) is 3.81. The first kappa shape index (κ1) is 14.3. The van der Waals surface area contributed by atoms with E-state index >= 15 is 0 Å². The summed E-state index contributed by atoms with van der Waals surface area (Å²) >= 11 is 0. The first-order chi connectivity index (χ1) is 8.99. The molecule has 1 aromatic heterocycles. The molecule has 0 unspecified atom stereocenters. The van der Waals surface area contributed by atoms with Crippen LogP contribution in [0.1, 0.15) is 32.3 Å². The van der Waals surface area contributed by atoms with E-state index in [1.54, 1.807) is 6.20 Å². The maximum absolute atomic E-state index is 5.99. The van der Waals surface area contributed by atoms with Gasteiger partial charge in [-0.2, -0.15) is 0 Å². The van der Waals surface area contributed by atoms with Crippen LogP contribution in [0.25, 0.3) is 0 Å². The second-order valence-electron chi connectivity index (χ2n) is 6.13. The summed E-state index contributed by atoms with van der Waals surface area (Å²) in [6.07, 6.45) is 6.28. The van der Waals surface area contributed by atoms with Crippen molar-refractivity contribution < 1.29 is 4.74 Å². The maximum atomic E-state index is 5.99. The lowest BCUT2D eigenvalue weighted by atomic mass is 10.1. The molecule has 0 amide bonds. The van der Waals surface area contributed by atoms with Crippen LogP contribution in [-0.2, 0) is 6.54 Å². The largest absolute Gasteiger partial charge is 0.491 e. The van der Waals surface area contributed by atoms with Gasteiger partial charge >= 0.3 is 0 Å². The fourth-order valence-corrected chi connectivity index (χ4v) is 1.61. The second-order valence-corrected chi connectivity index (χ2v) is 6.13. The first-order valence-corrected chi connectivity index (χ1v) is 6.95. The maximum Gasteiger partial charge on any atom is 0.126 e. The number of aromatic nitrogens is 1. The summed E-state index contributed by atoms with van der Waals surface area (Å²) in [5, 5.41) is 3.50. The number of pyridine rings is 1. The summed E-state index contributed by atoms with van der Waals surface area (Å²) in [4.78, 5) is 6.37. The van der Waals surface area contributed by atoms with Gasteiger partial charge in [-0.15, -0.1) is 0 Å². The van der Waals surface area contributed by atoms with Crippen LogP contribution in [0, 0.1) is 0 Å². The average molecular weight is 263 g/mol. The van der Waals surface area contributed by atoms with Gasteiger partial charge in [-0.05, 0) is 46.9 Å². The highest BCUT2D eigenvalue weighted by Gasteiger charge is 2.23. The quantitative estimate of drug-likeness (QED) is 0.817. The number of likely N-dealkylation sites (N-methyl/N-ethyl adjacent to an activating group) is 1. The lowest BCUT2D eigenvalue weighted by Gasteiger charge is -2.32. The lowest BCUT2D eigenvalue weighted by molar-refractivity contribution is 0.113. The predicted molar refractivity (Wildman–Crippen MR) is 77.4 cm³/mol. The Balaban J connectivity index is 1.94. The second kappa shape index (κ2) is 5.88. The van der Waals surface area contributed by atoms with Gasteiger partial charge in [-0.3, -0.25) is 4.98 Å². The van der Waals surface area contributed by atoms with Gasteiger partial charge in [0.2, 0.25) is 0 Å². The van der Waals surface area contributed by atoms with Crippen molar-refractivity contribution in [3.8, 4) is 5.75 Å². The van der Waals surface area contributed by atoms with Crippen LogP contribution in [0.5, 0.6) is 5.75 Å². The predicted octanol–water partition coefficient (Wildman–Crippen LogP) is 2.05. The van der Waals surface area contributed by atoms with Crippen molar-refractivity contribution in [1.82, 2.24) is 15.2 Å². The molecule has 1 heterocycles. The van der Waals surface area contributed by atoms with E-state index in [2.05, 4.69) is 43.1 Å². The fourth-order valence-electron chi connectivity index (χ4n) is 1.61. The molecule has 1 aliphatic carbocycles. The summed E-state index contributed by atoms with van der Waals surface area (Å²) in [5.41, 5.74) is 1.16. The number of hydrogen-bond donors (Lipinski definition) is 1. The van der Waals surface area contributed by atoms with Crippen molar-refractivity contribution >= 4 is 0 Å². The van der Waals surface area contributed by atoms with E-state index in [-0.39, 0.29) is 5.54 Å². The molecule has 106 valence electrons. The molecule has 0 saturated heterocycles. The van der Waals surface area contributed by atoms with E-state index in [1.165, 1.54) is 12.8 Å². The standard InChI is InChI=1S/C15H25N3O/c1-15(2,18(3)4)11-19-14-7-8-16-9-12(14)10-17-13-5-6-13/h7-9,13,17H,5-6,10-11H2,1-4H3. The van der Waals surface area contributed by atoms with Crippen molar-refractivity contribution in [3.05, 3.63) is 24.0 Å². The van der Waals surface area contributed by atoms with Crippen LogP contribution in [-0.4, -0.2) is 42.2 Å². The zero-order valence-electron chi connectivity index (χ0n) is 12.4. The molecule has 19 heavy (non-hydrogen) atoms. The van der Waals surface area contributed by atoms with Gasteiger partial charge in [0.15, 0.2) is 0 Å². The zero-order chi connectivity index (χ0) is 13.9. The minimum atomic E-state index is 0.0183. The lowest BCUT2D eigenvalue weighted by Crippen LogP contribution is -2.43. The molecule has 0 bridgehead atoms. The molecule has 4 heteroatoms. The normalized spacial score (nSPS) is 15.8. The van der Waals surface area contributed by atoms with Gasteiger partial charge in [0.05, 0.1) is 0 Å². The molecule has 1 aromatic rings. The highest BCUT2D eigenvalue weighted by Crippen LogP contribution is 2.23. The third kappa shape index (κ3) is 4.18. The molecule has 0 radical (unpaired) electrons. The number of hydrogen-bond acceptors (Lipinski definition) is 4. The fraction of sp³-hybridized carbons (Fsp3) is 0.667. The molecule has 1 saturated carbocycles. The molecular formula is C15H25N3O. The SMILES string of the molecule is CN(C)C(C)(C)COc1ccncc1CNC1CC1. The van der Waals surface area contributed by atoms with E-state index in [9.17, 15) is 0 Å². The highest BCUT2D eigenvalue weighted by atomic mass is 16.5. The van der Waals surface area contributed by atoms with Crippen LogP contribution in [0.15, 0.2) is 18.5 Å². The third-order valence-electron chi connectivity index (χ3n) is 3.81. The van der Waals surface area contributed by atoms with E-state index < -0.39 is 0 Å². The van der Waals surface area contributed by atoms with E-state index in [4.69, 9.17) is 4.74 Å². The van der Waals surface area contributed by atoms with Crippen LogP contribution >= 0.6 is 0 Å². The molecule has 1 aliphatic rings. The minimum absolute atomic E-state index is 0.0183. The number of nitrogens with one attached hydrogen (secondary N) is 1. The monoisotopic (exact) mass is 263 g/mol. The Hall–Kier alpha value is -1.13. The molecule has 4 nitrogen and oxygen atoms in total. The Morgan fingerprint density at radius 3 is 2.79 bits per heavy atom. The van der Waals surface area contributed by atoms with Crippen molar-refractivity contribution in [1.29, 1.82) is 0 Å². The van der Waals surface area contributed by atoms with Gasteiger partial charge < -0.3 is 15.0 Å². The summed E-state index contributed by atoms with van der Waals surface area (Å²) in [5.74, 6) is 0.943. The summed E-state index contributed by atoms with van der Waals surface area (Å²) in [7, 11) is 4.15. The molecule has 0 spiro atoms. The Labute approximate surface area is 116 Å². The van der Waals surface area contributed by atoms with Gasteiger partial charge in [-0.1, -0.05) is 0 Å². The molecule has 0 atom stereocenters. The molecule has 0 aliphatic heterocycles. The Morgan fingerprint density at radius 2 is 2.16 bits per heavy atom. The van der Waals surface area contributed by atoms with Crippen LogP contribution in [0.2, 0.25) is 0 Å². The van der Waals surface area contributed by atoms with Crippen molar-refractivity contribution in [2.75, 3.05) is 20.7 Å². The van der Waals surface area contributed by atoms with Gasteiger partial charge in [-0.25, -0.2) is 0 Å². The Kier molecular flexibility index (Phi) is 4.42. The summed E-state index contributed by atoms with van der Waals surface area (Å²) in [6.45, 7) is 5.86. The zero-order valence-corrected chi connectivity index (χ0v) is 12.4. The number of ether oxygens (including phenoxy) is 1. The van der Waals surface area contributed by atoms with Gasteiger partial charge in [0.1, 0.15) is 12.4 Å². The van der Waals surface area contributed by atoms with Crippen LogP contribution in [0.3, 0.4) is 0 Å². The van der Waals surface area contributed by atoms with Crippen molar-refractivity contribution in [3.63, 3.8) is 0 Å². The molecular weight excluding hydrogens is 238 g/mol. The summed E-state index contributed by atoms with van der Waals surface area (Å²) in [6, 6.07) is 2.65. The van der Waals surface area contributed by atoms with Crippen LogP contribution in [0.4, 0.5) is 0 Å². The van der Waals surface area contributed by atoms with E-state index in [1.807, 2.05) is 12.3 Å². The van der Waals surface area contributed by atoms with Gasteiger partial charge in [0.25, 0.3) is 0 Å². The van der Waals surface area contributed by atoms with Crippen molar-refractivity contribution in [2.45, 2.75) is 44.8 Å². The van der Waals surface area contributed by atoms with Crippen molar-refractivity contribution in [2.24, 2.45) is 0 Å². The first-order valence-electron chi connectivity index (χ1n) is 6.95. The van der Waals surface area contributed by atoms with Crippen LogP contribution < -0.4 is 10.1 Å². The van der Waals surface area contributed by atoms with E-state index in [0.717, 1.165) is 17.9 Å². The molecule has 1 fully saturated rings. The average Bonchev–Trinajstić information content (AvgIpc) is 3.18.